The molecule has 3 aromatic rings. The molecule has 1 N–H and O–H groups in total. The SMILES string of the molecule is Cc1cccc(N2CCN(c3nccc(NCc4ccccn4)n3)CC2)c1C. The third-order valence-electron chi connectivity index (χ3n) is 5.30. The Hall–Kier alpha value is -3.15. The van der Waals surface area contributed by atoms with Gasteiger partial charge in [-0.2, -0.15) is 4.98 Å². The van der Waals surface area contributed by atoms with Crippen LogP contribution < -0.4 is 15.1 Å². The standard InChI is InChI=1S/C22H26N6/c1-17-6-5-8-20(18(17)2)27-12-14-28(15-13-27)22-24-11-9-21(26-22)25-16-19-7-3-4-10-23-19/h3-11H,12-16H2,1-2H3,(H,24,25,26). The van der Waals surface area contributed by atoms with E-state index in [0.29, 0.717) is 6.54 Å². The van der Waals surface area contributed by atoms with Crippen molar-refractivity contribution < 1.29 is 0 Å². The van der Waals surface area contributed by atoms with Gasteiger partial charge in [-0.05, 0) is 49.2 Å². The Labute approximate surface area is 166 Å². The molecule has 6 heteroatoms. The molecular weight excluding hydrogens is 348 g/mol. The normalized spacial score (nSPS) is 14.2. The molecule has 1 fully saturated rings. The van der Waals surface area contributed by atoms with E-state index >= 15 is 0 Å². The predicted octanol–water partition coefficient (Wildman–Crippen LogP) is 3.43. The fourth-order valence-electron chi connectivity index (χ4n) is 3.51. The Morgan fingerprint density at radius 1 is 0.857 bits per heavy atom. The maximum atomic E-state index is 4.70. The summed E-state index contributed by atoms with van der Waals surface area (Å²) in [4.78, 5) is 18.2. The molecular formula is C22H26N6. The Kier molecular flexibility index (Phi) is 5.37. The van der Waals surface area contributed by atoms with Gasteiger partial charge in [-0.25, -0.2) is 4.98 Å². The molecule has 0 unspecified atom stereocenters. The number of aryl methyl sites for hydroxylation is 1. The van der Waals surface area contributed by atoms with Crippen LogP contribution in [0.1, 0.15) is 16.8 Å². The molecule has 4 rings (SSSR count). The lowest BCUT2D eigenvalue weighted by Crippen LogP contribution is -2.47. The monoisotopic (exact) mass is 374 g/mol. The van der Waals surface area contributed by atoms with Crippen molar-refractivity contribution in [2.45, 2.75) is 20.4 Å². The first-order valence-corrected chi connectivity index (χ1v) is 9.73. The Morgan fingerprint density at radius 2 is 1.68 bits per heavy atom. The van der Waals surface area contributed by atoms with Crippen molar-refractivity contribution in [1.29, 1.82) is 0 Å². The van der Waals surface area contributed by atoms with Crippen molar-refractivity contribution in [2.75, 3.05) is 41.3 Å². The molecule has 0 amide bonds. The summed E-state index contributed by atoms with van der Waals surface area (Å²) in [5.41, 5.74) is 5.04. The number of piperazine rings is 1. The lowest BCUT2D eigenvalue weighted by Gasteiger charge is -2.37. The van der Waals surface area contributed by atoms with Crippen LogP contribution in [-0.2, 0) is 6.54 Å². The van der Waals surface area contributed by atoms with Crippen LogP contribution in [0.3, 0.4) is 0 Å². The molecule has 144 valence electrons. The summed E-state index contributed by atoms with van der Waals surface area (Å²) in [6.07, 6.45) is 3.62. The van der Waals surface area contributed by atoms with Crippen LogP contribution in [-0.4, -0.2) is 41.1 Å². The highest BCUT2D eigenvalue weighted by Gasteiger charge is 2.20. The van der Waals surface area contributed by atoms with E-state index in [-0.39, 0.29) is 0 Å². The van der Waals surface area contributed by atoms with Crippen LogP contribution in [0.15, 0.2) is 54.9 Å². The van der Waals surface area contributed by atoms with Crippen LogP contribution in [0.5, 0.6) is 0 Å². The molecule has 28 heavy (non-hydrogen) atoms. The van der Waals surface area contributed by atoms with Crippen molar-refractivity contribution >= 4 is 17.5 Å². The Morgan fingerprint density at radius 3 is 2.46 bits per heavy atom. The topological polar surface area (TPSA) is 57.2 Å². The first-order chi connectivity index (χ1) is 13.7. The second kappa shape index (κ2) is 8.25. The van der Waals surface area contributed by atoms with Crippen molar-refractivity contribution in [3.8, 4) is 0 Å². The summed E-state index contributed by atoms with van der Waals surface area (Å²) in [5.74, 6) is 1.61. The molecule has 0 spiro atoms. The van der Waals surface area contributed by atoms with Gasteiger partial charge >= 0.3 is 0 Å². The quantitative estimate of drug-likeness (QED) is 0.738. The maximum absolute atomic E-state index is 4.70. The van der Waals surface area contributed by atoms with Gasteiger partial charge in [0, 0.05) is 44.3 Å². The molecule has 0 radical (unpaired) electrons. The highest BCUT2D eigenvalue weighted by atomic mass is 15.3. The van der Waals surface area contributed by atoms with Gasteiger partial charge < -0.3 is 15.1 Å². The number of hydrogen-bond donors (Lipinski definition) is 1. The van der Waals surface area contributed by atoms with Crippen molar-refractivity contribution in [1.82, 2.24) is 15.0 Å². The molecule has 3 heterocycles. The Bertz CT molecular complexity index is 919. The molecule has 1 saturated heterocycles. The van der Waals surface area contributed by atoms with Gasteiger partial charge in [-0.3, -0.25) is 4.98 Å². The molecule has 0 saturated carbocycles. The second-order valence-corrected chi connectivity index (χ2v) is 7.11. The second-order valence-electron chi connectivity index (χ2n) is 7.11. The third kappa shape index (κ3) is 4.06. The summed E-state index contributed by atoms with van der Waals surface area (Å²) < 4.78 is 0. The van der Waals surface area contributed by atoms with E-state index in [1.54, 1.807) is 6.20 Å². The molecule has 0 atom stereocenters. The average Bonchev–Trinajstić information content (AvgIpc) is 2.75. The average molecular weight is 374 g/mol. The minimum absolute atomic E-state index is 0.651. The van der Waals surface area contributed by atoms with Gasteiger partial charge in [0.05, 0.1) is 12.2 Å². The van der Waals surface area contributed by atoms with E-state index in [1.165, 1.54) is 16.8 Å². The fourth-order valence-corrected chi connectivity index (χ4v) is 3.51. The van der Waals surface area contributed by atoms with E-state index in [2.05, 4.69) is 57.1 Å². The summed E-state index contributed by atoms with van der Waals surface area (Å²) >= 11 is 0. The number of rotatable bonds is 5. The summed E-state index contributed by atoms with van der Waals surface area (Å²) in [6, 6.07) is 14.3. The van der Waals surface area contributed by atoms with E-state index in [4.69, 9.17) is 4.98 Å². The fraction of sp³-hybridized carbons (Fsp3) is 0.318. The number of aromatic nitrogens is 3. The highest BCUT2D eigenvalue weighted by molar-refractivity contribution is 5.57. The zero-order chi connectivity index (χ0) is 19.3. The number of nitrogens with one attached hydrogen (secondary N) is 1. The summed E-state index contributed by atoms with van der Waals surface area (Å²) in [7, 11) is 0. The smallest absolute Gasteiger partial charge is 0.227 e. The molecule has 1 aliphatic heterocycles. The minimum Gasteiger partial charge on any atom is -0.368 e. The zero-order valence-electron chi connectivity index (χ0n) is 16.5. The van der Waals surface area contributed by atoms with Gasteiger partial charge in [0.15, 0.2) is 0 Å². The Balaban J connectivity index is 1.39. The first-order valence-electron chi connectivity index (χ1n) is 9.73. The van der Waals surface area contributed by atoms with Crippen molar-refractivity contribution in [3.63, 3.8) is 0 Å². The van der Waals surface area contributed by atoms with Crippen LogP contribution in [0.2, 0.25) is 0 Å². The van der Waals surface area contributed by atoms with Crippen LogP contribution in [0, 0.1) is 13.8 Å². The summed E-state index contributed by atoms with van der Waals surface area (Å²) in [6.45, 7) is 8.80. The van der Waals surface area contributed by atoms with Gasteiger partial charge in [-0.1, -0.05) is 18.2 Å². The maximum Gasteiger partial charge on any atom is 0.227 e. The number of hydrogen-bond acceptors (Lipinski definition) is 6. The summed E-state index contributed by atoms with van der Waals surface area (Å²) in [5, 5.41) is 3.34. The van der Waals surface area contributed by atoms with Crippen LogP contribution >= 0.6 is 0 Å². The van der Waals surface area contributed by atoms with Crippen LogP contribution in [0.25, 0.3) is 0 Å². The van der Waals surface area contributed by atoms with Gasteiger partial charge in [0.1, 0.15) is 5.82 Å². The predicted molar refractivity (Wildman–Crippen MR) is 114 cm³/mol. The minimum atomic E-state index is 0.651. The van der Waals surface area contributed by atoms with Crippen LogP contribution in [0.4, 0.5) is 17.5 Å². The molecule has 0 aliphatic carbocycles. The largest absolute Gasteiger partial charge is 0.368 e. The molecule has 1 aromatic carbocycles. The van der Waals surface area contributed by atoms with Gasteiger partial charge in [0.2, 0.25) is 5.95 Å². The number of pyridine rings is 1. The molecule has 0 bridgehead atoms. The number of nitrogens with zero attached hydrogens (tertiary/aromatic N) is 5. The first kappa shape index (κ1) is 18.2. The lowest BCUT2D eigenvalue weighted by atomic mass is 10.1. The molecule has 6 nitrogen and oxygen atoms in total. The van der Waals surface area contributed by atoms with E-state index in [1.807, 2.05) is 30.5 Å². The van der Waals surface area contributed by atoms with Gasteiger partial charge in [-0.15, -0.1) is 0 Å². The lowest BCUT2D eigenvalue weighted by molar-refractivity contribution is 0.639. The molecule has 2 aromatic heterocycles. The van der Waals surface area contributed by atoms with E-state index in [0.717, 1.165) is 43.6 Å². The van der Waals surface area contributed by atoms with Gasteiger partial charge in [0.25, 0.3) is 0 Å². The van der Waals surface area contributed by atoms with E-state index < -0.39 is 0 Å². The van der Waals surface area contributed by atoms with Crippen molar-refractivity contribution in [3.05, 3.63) is 71.7 Å². The van der Waals surface area contributed by atoms with E-state index in [9.17, 15) is 0 Å². The van der Waals surface area contributed by atoms with Crippen molar-refractivity contribution in [2.24, 2.45) is 0 Å². The molecule has 1 aliphatic rings. The zero-order valence-corrected chi connectivity index (χ0v) is 16.5. The number of benzene rings is 1. The highest BCUT2D eigenvalue weighted by Crippen LogP contribution is 2.24. The third-order valence-corrected chi connectivity index (χ3v) is 5.30. The number of anilines is 3.